The molecule has 2 rings (SSSR count). The lowest BCUT2D eigenvalue weighted by Crippen LogP contribution is -2.34. The highest BCUT2D eigenvalue weighted by molar-refractivity contribution is 5.77. The molecule has 0 saturated carbocycles. The summed E-state index contributed by atoms with van der Waals surface area (Å²) < 4.78 is 2.13. The summed E-state index contributed by atoms with van der Waals surface area (Å²) in [4.78, 5) is 2.14. The van der Waals surface area contributed by atoms with Gasteiger partial charge in [0.1, 0.15) is 12.7 Å². The number of aryl methyl sites for hydroxylation is 1. The lowest BCUT2D eigenvalue weighted by Gasteiger charge is -2.15. The zero-order valence-corrected chi connectivity index (χ0v) is 11.2. The quantitative estimate of drug-likeness (QED) is 0.747. The molecule has 2 heteroatoms. The topological polar surface area (TPSA) is 7.12 Å². The van der Waals surface area contributed by atoms with E-state index in [2.05, 4.69) is 79.3 Å². The van der Waals surface area contributed by atoms with Crippen molar-refractivity contribution in [3.63, 3.8) is 0 Å². The molecular weight excluding hydrogens is 220 g/mol. The van der Waals surface area contributed by atoms with Crippen molar-refractivity contribution in [2.24, 2.45) is 7.05 Å². The van der Waals surface area contributed by atoms with Gasteiger partial charge in [0.15, 0.2) is 6.20 Å². The second-order valence-electron chi connectivity index (χ2n) is 4.53. The fourth-order valence-corrected chi connectivity index (χ4v) is 1.93. The van der Waals surface area contributed by atoms with E-state index < -0.39 is 0 Å². The van der Waals surface area contributed by atoms with Crippen molar-refractivity contribution in [2.45, 2.75) is 0 Å². The van der Waals surface area contributed by atoms with Gasteiger partial charge in [-0.3, -0.25) is 0 Å². The molecule has 0 fully saturated rings. The summed E-state index contributed by atoms with van der Waals surface area (Å²) in [5.74, 6) is 0. The number of rotatable bonds is 3. The van der Waals surface area contributed by atoms with Crippen molar-refractivity contribution in [3.8, 4) is 0 Å². The van der Waals surface area contributed by atoms with E-state index in [1.807, 2.05) is 12.1 Å². The van der Waals surface area contributed by atoms with Gasteiger partial charge in [-0.25, -0.2) is 0 Å². The maximum absolute atomic E-state index is 2.20. The van der Waals surface area contributed by atoms with Crippen molar-refractivity contribution in [1.82, 2.24) is 4.90 Å². The van der Waals surface area contributed by atoms with Gasteiger partial charge in [0.2, 0.25) is 5.69 Å². The molecule has 1 heterocycles. The summed E-state index contributed by atoms with van der Waals surface area (Å²) >= 11 is 0. The highest BCUT2D eigenvalue weighted by Crippen LogP contribution is 2.16. The zero-order chi connectivity index (χ0) is 13.0. The molecule has 0 aliphatic rings. The minimum atomic E-state index is 1.20. The van der Waals surface area contributed by atoms with Crippen LogP contribution in [0.1, 0.15) is 11.3 Å². The molecule has 0 aliphatic carbocycles. The fourth-order valence-electron chi connectivity index (χ4n) is 1.93. The molecule has 1 aromatic heterocycles. The minimum absolute atomic E-state index is 1.20. The molecule has 0 amide bonds. The maximum atomic E-state index is 2.20. The Morgan fingerprint density at radius 3 is 2.28 bits per heavy atom. The van der Waals surface area contributed by atoms with Gasteiger partial charge < -0.3 is 4.90 Å². The Bertz CT molecular complexity index is 542. The average Bonchev–Trinajstić information content (AvgIpc) is 2.38. The van der Waals surface area contributed by atoms with Gasteiger partial charge in [0, 0.05) is 26.2 Å². The van der Waals surface area contributed by atoms with Gasteiger partial charge >= 0.3 is 0 Å². The lowest BCUT2D eigenvalue weighted by molar-refractivity contribution is -0.674. The summed E-state index contributed by atoms with van der Waals surface area (Å²) in [6, 6.07) is 16.6. The van der Waals surface area contributed by atoms with Crippen LogP contribution in [-0.2, 0) is 7.05 Å². The van der Waals surface area contributed by atoms with E-state index in [1.54, 1.807) is 0 Å². The first-order chi connectivity index (χ1) is 8.68. The first kappa shape index (κ1) is 12.4. The Morgan fingerprint density at radius 1 is 1.00 bits per heavy atom. The number of pyridine rings is 1. The molecule has 92 valence electrons. The molecule has 0 unspecified atom stereocenters. The summed E-state index contributed by atoms with van der Waals surface area (Å²) in [6.07, 6.45) is 4.27. The highest BCUT2D eigenvalue weighted by atomic mass is 15.1. The van der Waals surface area contributed by atoms with Gasteiger partial charge in [-0.1, -0.05) is 30.3 Å². The number of aromatic nitrogens is 1. The second-order valence-corrected chi connectivity index (χ2v) is 4.53. The molecule has 0 bridgehead atoms. The molecule has 2 aromatic rings. The molecule has 0 aliphatic heterocycles. The third kappa shape index (κ3) is 2.77. The van der Waals surface area contributed by atoms with Crippen LogP contribution >= 0.6 is 0 Å². The Labute approximate surface area is 109 Å². The van der Waals surface area contributed by atoms with Crippen LogP contribution in [0.2, 0.25) is 0 Å². The summed E-state index contributed by atoms with van der Waals surface area (Å²) in [6.45, 7) is 0. The smallest absolute Gasteiger partial charge is 0.228 e. The van der Waals surface area contributed by atoms with Crippen LogP contribution in [0.5, 0.6) is 0 Å². The zero-order valence-electron chi connectivity index (χ0n) is 11.2. The first-order valence-electron chi connectivity index (χ1n) is 6.07. The van der Waals surface area contributed by atoms with E-state index in [-0.39, 0.29) is 0 Å². The van der Waals surface area contributed by atoms with Crippen molar-refractivity contribution in [2.75, 3.05) is 14.1 Å². The Balaban J connectivity index is 2.48. The Hall–Kier alpha value is -2.09. The van der Waals surface area contributed by atoms with Gasteiger partial charge in [-0.15, -0.1) is 0 Å². The van der Waals surface area contributed by atoms with E-state index in [1.165, 1.54) is 17.0 Å². The minimum Gasteiger partial charge on any atom is -0.372 e. The average molecular weight is 239 g/mol. The van der Waals surface area contributed by atoms with Gasteiger partial charge in [-0.2, -0.15) is 4.57 Å². The summed E-state index contributed by atoms with van der Waals surface area (Å²) in [7, 11) is 6.21. The number of hydrogen-bond donors (Lipinski definition) is 0. The molecular formula is C16H19N2+. The fraction of sp³-hybridized carbons (Fsp3) is 0.188. The number of hydrogen-bond acceptors (Lipinski definition) is 1. The third-order valence-electron chi connectivity index (χ3n) is 2.90. The predicted octanol–water partition coefficient (Wildman–Crippen LogP) is 2.57. The van der Waals surface area contributed by atoms with Crippen molar-refractivity contribution < 1.29 is 4.57 Å². The Morgan fingerprint density at radius 2 is 1.67 bits per heavy atom. The maximum Gasteiger partial charge on any atom is 0.228 e. The standard InChI is InChI=1S/C16H19N2/c1-17(2)16(13-14-9-5-4-6-10-14)15-11-7-8-12-18(15)3/h4-13H,1-3H3/q+1. The van der Waals surface area contributed by atoms with Gasteiger partial charge in [0.25, 0.3) is 0 Å². The number of nitrogens with zero attached hydrogens (tertiary/aromatic N) is 2. The van der Waals surface area contributed by atoms with Crippen LogP contribution in [0, 0.1) is 0 Å². The summed E-state index contributed by atoms with van der Waals surface area (Å²) in [5, 5.41) is 0. The molecule has 0 atom stereocenters. The second kappa shape index (κ2) is 5.50. The van der Waals surface area contributed by atoms with Crippen molar-refractivity contribution in [1.29, 1.82) is 0 Å². The van der Waals surface area contributed by atoms with E-state index in [0.717, 1.165) is 0 Å². The first-order valence-corrected chi connectivity index (χ1v) is 6.07. The molecule has 0 spiro atoms. The van der Waals surface area contributed by atoms with Gasteiger partial charge in [-0.05, 0) is 17.7 Å². The summed E-state index contributed by atoms with van der Waals surface area (Å²) in [5.41, 5.74) is 3.61. The SMILES string of the molecule is CN(C)C(=Cc1ccccc1)c1cccc[n+]1C. The van der Waals surface area contributed by atoms with Crippen LogP contribution < -0.4 is 4.57 Å². The van der Waals surface area contributed by atoms with E-state index in [4.69, 9.17) is 0 Å². The Kier molecular flexibility index (Phi) is 3.78. The van der Waals surface area contributed by atoms with Crippen LogP contribution in [-0.4, -0.2) is 19.0 Å². The predicted molar refractivity (Wildman–Crippen MR) is 75.6 cm³/mol. The van der Waals surface area contributed by atoms with Crippen LogP contribution in [0.25, 0.3) is 11.8 Å². The molecule has 0 saturated heterocycles. The molecule has 0 N–H and O–H groups in total. The van der Waals surface area contributed by atoms with Crippen LogP contribution in [0.3, 0.4) is 0 Å². The van der Waals surface area contributed by atoms with E-state index in [9.17, 15) is 0 Å². The molecule has 2 nitrogen and oxygen atoms in total. The van der Waals surface area contributed by atoms with Crippen molar-refractivity contribution in [3.05, 3.63) is 66.0 Å². The lowest BCUT2D eigenvalue weighted by atomic mass is 10.1. The monoisotopic (exact) mass is 239 g/mol. The molecule has 1 aromatic carbocycles. The molecule has 0 radical (unpaired) electrons. The van der Waals surface area contributed by atoms with E-state index in [0.29, 0.717) is 0 Å². The highest BCUT2D eigenvalue weighted by Gasteiger charge is 2.13. The van der Waals surface area contributed by atoms with E-state index >= 15 is 0 Å². The number of benzene rings is 1. The normalized spacial score (nSPS) is 11.4. The largest absolute Gasteiger partial charge is 0.372 e. The van der Waals surface area contributed by atoms with Crippen LogP contribution in [0.15, 0.2) is 54.7 Å². The third-order valence-corrected chi connectivity index (χ3v) is 2.90. The van der Waals surface area contributed by atoms with Gasteiger partial charge in [0.05, 0.1) is 0 Å². The molecule has 18 heavy (non-hydrogen) atoms. The van der Waals surface area contributed by atoms with Crippen molar-refractivity contribution >= 4 is 11.8 Å². The van der Waals surface area contributed by atoms with Crippen LogP contribution in [0.4, 0.5) is 0 Å².